The van der Waals surface area contributed by atoms with Crippen LogP contribution in [0.4, 0.5) is 4.39 Å². The lowest BCUT2D eigenvalue weighted by Crippen LogP contribution is -2.40. The Hall–Kier alpha value is -0.150. The van der Waals surface area contributed by atoms with Gasteiger partial charge >= 0.3 is 0 Å². The Bertz CT molecular complexity index is 87.7. The summed E-state index contributed by atoms with van der Waals surface area (Å²) < 4.78 is 17.4. The second-order valence-corrected chi connectivity index (χ2v) is 2.51. The monoisotopic (exact) mass is 149 g/mol. The highest BCUT2D eigenvalue weighted by molar-refractivity contribution is 4.66. The van der Waals surface area contributed by atoms with E-state index in [0.717, 1.165) is 0 Å². The van der Waals surface area contributed by atoms with E-state index in [1.807, 2.05) is 6.92 Å². The maximum absolute atomic E-state index is 12.5. The molecule has 0 bridgehead atoms. The van der Waals surface area contributed by atoms with Gasteiger partial charge in [0.2, 0.25) is 0 Å². The van der Waals surface area contributed by atoms with Gasteiger partial charge in [-0.1, -0.05) is 0 Å². The van der Waals surface area contributed by atoms with Gasteiger partial charge in [0.1, 0.15) is 12.4 Å². The molecule has 0 aliphatic heterocycles. The minimum atomic E-state index is -0.836. The van der Waals surface area contributed by atoms with Crippen molar-refractivity contribution < 1.29 is 9.13 Å². The minimum absolute atomic E-state index is 0.0757. The fraction of sp³-hybridized carbons (Fsp3) is 1.00. The lowest BCUT2D eigenvalue weighted by Gasteiger charge is -2.19. The van der Waals surface area contributed by atoms with Gasteiger partial charge in [0.25, 0.3) is 0 Å². The second kappa shape index (κ2) is 4.63. The van der Waals surface area contributed by atoms with Crippen LogP contribution in [0.5, 0.6) is 0 Å². The average molecular weight is 149 g/mol. The lowest BCUT2D eigenvalue weighted by molar-refractivity contribution is 0.0690. The van der Waals surface area contributed by atoms with E-state index in [4.69, 9.17) is 4.74 Å². The van der Waals surface area contributed by atoms with E-state index < -0.39 is 6.17 Å². The molecule has 62 valence electrons. The summed E-state index contributed by atoms with van der Waals surface area (Å²) >= 11 is 0. The van der Waals surface area contributed by atoms with Crippen LogP contribution in [0.2, 0.25) is 0 Å². The molecule has 1 N–H and O–H groups in total. The predicted molar refractivity (Wildman–Crippen MR) is 39.6 cm³/mol. The summed E-state index contributed by atoms with van der Waals surface area (Å²) in [5.41, 5.74) is 0. The molecule has 0 rings (SSSR count). The molecule has 0 heterocycles. The summed E-state index contributed by atoms with van der Waals surface area (Å²) in [5.74, 6) is 0. The fourth-order valence-corrected chi connectivity index (χ4v) is 0.571. The molecule has 0 radical (unpaired) electrons. The molecule has 0 saturated heterocycles. The van der Waals surface area contributed by atoms with Gasteiger partial charge in [-0.15, -0.1) is 0 Å². The summed E-state index contributed by atoms with van der Waals surface area (Å²) in [6.07, 6.45) is -0.911. The van der Waals surface area contributed by atoms with Gasteiger partial charge in [-0.2, -0.15) is 0 Å². The van der Waals surface area contributed by atoms with Gasteiger partial charge in [-0.05, 0) is 20.8 Å². The molecule has 0 amide bonds. The molecule has 2 nitrogen and oxygen atoms in total. The zero-order valence-corrected chi connectivity index (χ0v) is 7.02. The largest absolute Gasteiger partial charge is 0.367 e. The smallest absolute Gasteiger partial charge is 0.112 e. The van der Waals surface area contributed by atoms with E-state index in [-0.39, 0.29) is 12.3 Å². The van der Waals surface area contributed by atoms with Gasteiger partial charge in [0, 0.05) is 13.2 Å². The van der Waals surface area contributed by atoms with E-state index >= 15 is 0 Å². The Balaban J connectivity index is 3.46. The lowest BCUT2D eigenvalue weighted by atomic mass is 10.2. The highest BCUT2D eigenvalue weighted by Gasteiger charge is 2.11. The van der Waals surface area contributed by atoms with Gasteiger partial charge in [-0.3, -0.25) is 5.32 Å². The first-order valence-electron chi connectivity index (χ1n) is 3.50. The molecule has 0 aromatic rings. The molecule has 10 heavy (non-hydrogen) atoms. The maximum atomic E-state index is 12.5. The van der Waals surface area contributed by atoms with Gasteiger partial charge in [0.05, 0.1) is 0 Å². The second-order valence-electron chi connectivity index (χ2n) is 2.51. The molecule has 0 aromatic heterocycles. The van der Waals surface area contributed by atoms with Crippen molar-refractivity contribution in [1.82, 2.24) is 5.32 Å². The van der Waals surface area contributed by atoms with Crippen LogP contribution < -0.4 is 5.32 Å². The van der Waals surface area contributed by atoms with E-state index in [0.29, 0.717) is 0 Å². The summed E-state index contributed by atoms with van der Waals surface area (Å²) in [6, 6.07) is -0.144. The number of rotatable bonds is 4. The van der Waals surface area contributed by atoms with Crippen molar-refractivity contribution in [2.24, 2.45) is 0 Å². The number of methoxy groups -OCH3 is 1. The third-order valence-electron chi connectivity index (χ3n) is 1.54. The number of ether oxygens (including phenoxy) is 1. The quantitative estimate of drug-likeness (QED) is 0.608. The Morgan fingerprint density at radius 2 is 1.80 bits per heavy atom. The van der Waals surface area contributed by atoms with Crippen LogP contribution in [0.1, 0.15) is 20.8 Å². The predicted octanol–water partition coefficient (Wildman–Crippen LogP) is 1.31. The minimum Gasteiger partial charge on any atom is -0.367 e. The van der Waals surface area contributed by atoms with E-state index in [1.165, 1.54) is 6.92 Å². The SMILES string of the molecule is COC(C)N[C@H](C)C(C)F. The Labute approximate surface area is 61.8 Å². The molecule has 3 heteroatoms. The van der Waals surface area contributed by atoms with Crippen molar-refractivity contribution in [3.8, 4) is 0 Å². The molecule has 0 fully saturated rings. The molecule has 0 aromatic carbocycles. The number of hydrogen-bond donors (Lipinski definition) is 1. The van der Waals surface area contributed by atoms with Crippen molar-refractivity contribution >= 4 is 0 Å². The highest BCUT2D eigenvalue weighted by atomic mass is 19.1. The number of nitrogens with one attached hydrogen (secondary N) is 1. The molecule has 0 aliphatic carbocycles. The molecule has 0 aliphatic rings. The Morgan fingerprint density at radius 3 is 2.10 bits per heavy atom. The van der Waals surface area contributed by atoms with Crippen molar-refractivity contribution in [1.29, 1.82) is 0 Å². The van der Waals surface area contributed by atoms with Gasteiger partial charge < -0.3 is 4.74 Å². The van der Waals surface area contributed by atoms with Gasteiger partial charge in [-0.25, -0.2) is 4.39 Å². The summed E-state index contributed by atoms with van der Waals surface area (Å²) in [5, 5.41) is 2.93. The van der Waals surface area contributed by atoms with Crippen molar-refractivity contribution in [2.75, 3.05) is 7.11 Å². The first kappa shape index (κ1) is 9.85. The maximum Gasteiger partial charge on any atom is 0.112 e. The van der Waals surface area contributed by atoms with Crippen LogP contribution in [-0.4, -0.2) is 25.6 Å². The third-order valence-corrected chi connectivity index (χ3v) is 1.54. The van der Waals surface area contributed by atoms with E-state index in [1.54, 1.807) is 14.0 Å². The van der Waals surface area contributed by atoms with Crippen LogP contribution in [0.25, 0.3) is 0 Å². The first-order chi connectivity index (χ1) is 4.57. The highest BCUT2D eigenvalue weighted by Crippen LogP contribution is 1.97. The van der Waals surface area contributed by atoms with E-state index in [2.05, 4.69) is 5.32 Å². The standard InChI is InChI=1S/C7H16FNO/c1-5(8)6(2)9-7(3)10-4/h5-7,9H,1-4H3/t5?,6-,7?/m1/s1. The van der Waals surface area contributed by atoms with Crippen molar-refractivity contribution in [3.63, 3.8) is 0 Å². The molecule has 0 saturated carbocycles. The van der Waals surface area contributed by atoms with Crippen LogP contribution in [0.3, 0.4) is 0 Å². The van der Waals surface area contributed by atoms with E-state index in [9.17, 15) is 4.39 Å². The number of hydrogen-bond acceptors (Lipinski definition) is 2. The topological polar surface area (TPSA) is 21.3 Å². The molecule has 3 atom stereocenters. The Kier molecular flexibility index (Phi) is 4.56. The number of alkyl halides is 1. The van der Waals surface area contributed by atoms with Crippen LogP contribution in [0, 0.1) is 0 Å². The summed E-state index contributed by atoms with van der Waals surface area (Å²) in [4.78, 5) is 0. The van der Waals surface area contributed by atoms with Crippen molar-refractivity contribution in [3.05, 3.63) is 0 Å². The molecule has 0 spiro atoms. The molecular weight excluding hydrogens is 133 g/mol. The average Bonchev–Trinajstić information content (AvgIpc) is 1.87. The van der Waals surface area contributed by atoms with Crippen LogP contribution in [0.15, 0.2) is 0 Å². The Morgan fingerprint density at radius 1 is 1.30 bits per heavy atom. The zero-order chi connectivity index (χ0) is 8.15. The normalized spacial score (nSPS) is 20.1. The van der Waals surface area contributed by atoms with Gasteiger partial charge in [0.15, 0.2) is 0 Å². The van der Waals surface area contributed by atoms with Crippen LogP contribution >= 0.6 is 0 Å². The third kappa shape index (κ3) is 3.80. The summed E-state index contributed by atoms with van der Waals surface area (Å²) in [7, 11) is 1.59. The zero-order valence-electron chi connectivity index (χ0n) is 7.02. The first-order valence-corrected chi connectivity index (χ1v) is 3.50. The van der Waals surface area contributed by atoms with Crippen LogP contribution in [-0.2, 0) is 4.74 Å². The van der Waals surface area contributed by atoms with Crippen molar-refractivity contribution in [2.45, 2.75) is 39.2 Å². The molecule has 2 unspecified atom stereocenters. The fourth-order valence-electron chi connectivity index (χ4n) is 0.571. The number of halogens is 1. The molecular formula is C7H16FNO. The summed E-state index contributed by atoms with van der Waals surface area (Å²) in [6.45, 7) is 5.17.